The van der Waals surface area contributed by atoms with Crippen LogP contribution in [-0.4, -0.2) is 28.5 Å². The maximum absolute atomic E-state index is 13.3. The molecule has 0 radical (unpaired) electrons. The molecule has 1 aromatic rings. The molecule has 1 fully saturated rings. The lowest BCUT2D eigenvalue weighted by Gasteiger charge is -2.39. The summed E-state index contributed by atoms with van der Waals surface area (Å²) >= 11 is 5.54. The maximum Gasteiger partial charge on any atom is 0.240 e. The molecule has 1 aromatic heterocycles. The van der Waals surface area contributed by atoms with Crippen molar-refractivity contribution in [3.05, 3.63) is 17.3 Å². The highest BCUT2D eigenvalue weighted by Crippen LogP contribution is 2.27. The molecular formula is C8H8ClFN4O. The fourth-order valence-electron chi connectivity index (χ4n) is 1.48. The molecule has 1 atom stereocenters. The Morgan fingerprint density at radius 3 is 3.00 bits per heavy atom. The molecule has 80 valence electrons. The van der Waals surface area contributed by atoms with E-state index >= 15 is 0 Å². The number of rotatable bonds is 2. The van der Waals surface area contributed by atoms with Crippen LogP contribution in [0.25, 0.3) is 0 Å². The quantitative estimate of drug-likeness (QED) is 0.744. The third-order valence-corrected chi connectivity index (χ3v) is 2.50. The molecular weight excluding hydrogens is 223 g/mol. The minimum Gasteiger partial charge on any atom is -0.368 e. The van der Waals surface area contributed by atoms with Crippen molar-refractivity contribution in [1.29, 1.82) is 0 Å². The van der Waals surface area contributed by atoms with Gasteiger partial charge >= 0.3 is 0 Å². The van der Waals surface area contributed by atoms with Crippen LogP contribution in [0, 0.1) is 5.82 Å². The normalized spacial score (nSPS) is 19.9. The van der Waals surface area contributed by atoms with Crippen molar-refractivity contribution in [1.82, 2.24) is 9.97 Å². The minimum absolute atomic E-state index is 0.0325. The highest BCUT2D eigenvalue weighted by molar-refractivity contribution is 6.28. The molecule has 1 amide bonds. The van der Waals surface area contributed by atoms with Gasteiger partial charge in [0.25, 0.3) is 0 Å². The summed E-state index contributed by atoms with van der Waals surface area (Å²) < 4.78 is 13.3. The van der Waals surface area contributed by atoms with Crippen molar-refractivity contribution in [3.63, 3.8) is 0 Å². The summed E-state index contributed by atoms with van der Waals surface area (Å²) in [7, 11) is 0. The fraction of sp³-hybridized carbons (Fsp3) is 0.375. The number of aromatic nitrogens is 2. The second kappa shape index (κ2) is 3.62. The molecule has 1 aliphatic rings. The van der Waals surface area contributed by atoms with E-state index in [-0.39, 0.29) is 11.1 Å². The molecule has 7 heteroatoms. The van der Waals surface area contributed by atoms with Crippen LogP contribution < -0.4 is 10.6 Å². The molecule has 0 aliphatic carbocycles. The van der Waals surface area contributed by atoms with Gasteiger partial charge in [0, 0.05) is 6.54 Å². The van der Waals surface area contributed by atoms with E-state index < -0.39 is 17.8 Å². The molecule has 2 heterocycles. The summed E-state index contributed by atoms with van der Waals surface area (Å²) in [4.78, 5) is 19.6. The van der Waals surface area contributed by atoms with E-state index in [9.17, 15) is 9.18 Å². The molecule has 0 bridgehead atoms. The molecule has 2 N–H and O–H groups in total. The van der Waals surface area contributed by atoms with E-state index in [1.54, 1.807) is 0 Å². The molecule has 0 spiro atoms. The third-order valence-electron chi connectivity index (χ3n) is 2.32. The SMILES string of the molecule is NC(=O)C1CCN1c1nc(Cl)ncc1F. The third kappa shape index (κ3) is 1.72. The molecule has 1 unspecified atom stereocenters. The Labute approximate surface area is 90.1 Å². The Kier molecular flexibility index (Phi) is 2.44. The summed E-state index contributed by atoms with van der Waals surface area (Å²) in [6, 6.07) is -0.495. The Morgan fingerprint density at radius 2 is 2.47 bits per heavy atom. The van der Waals surface area contributed by atoms with Crippen molar-refractivity contribution in [2.75, 3.05) is 11.4 Å². The lowest BCUT2D eigenvalue weighted by atomic mass is 10.0. The molecule has 0 saturated carbocycles. The summed E-state index contributed by atoms with van der Waals surface area (Å²) in [5.41, 5.74) is 5.13. The zero-order valence-electron chi connectivity index (χ0n) is 7.65. The van der Waals surface area contributed by atoms with Gasteiger partial charge in [0.15, 0.2) is 11.6 Å². The number of halogens is 2. The van der Waals surface area contributed by atoms with Crippen LogP contribution in [0.2, 0.25) is 5.28 Å². The number of nitrogens with two attached hydrogens (primary N) is 1. The lowest BCUT2D eigenvalue weighted by molar-refractivity contribution is -0.120. The predicted molar refractivity (Wildman–Crippen MR) is 51.9 cm³/mol. The van der Waals surface area contributed by atoms with Crippen molar-refractivity contribution in [2.45, 2.75) is 12.5 Å². The van der Waals surface area contributed by atoms with E-state index in [0.29, 0.717) is 13.0 Å². The molecule has 0 aromatic carbocycles. The van der Waals surface area contributed by atoms with Crippen LogP contribution in [-0.2, 0) is 4.79 Å². The number of carbonyl (C=O) groups is 1. The predicted octanol–water partition coefficient (Wildman–Crippen LogP) is 0.333. The van der Waals surface area contributed by atoms with E-state index in [0.717, 1.165) is 6.20 Å². The lowest BCUT2D eigenvalue weighted by Crippen LogP contribution is -2.55. The van der Waals surface area contributed by atoms with E-state index in [4.69, 9.17) is 17.3 Å². The Bertz CT molecular complexity index is 414. The van der Waals surface area contributed by atoms with Crippen molar-refractivity contribution < 1.29 is 9.18 Å². The van der Waals surface area contributed by atoms with Crippen LogP contribution in [0.1, 0.15) is 6.42 Å². The van der Waals surface area contributed by atoms with Crippen LogP contribution in [0.15, 0.2) is 6.20 Å². The van der Waals surface area contributed by atoms with Crippen LogP contribution in [0.4, 0.5) is 10.2 Å². The van der Waals surface area contributed by atoms with Gasteiger partial charge in [-0.2, -0.15) is 4.98 Å². The van der Waals surface area contributed by atoms with E-state index in [2.05, 4.69) is 9.97 Å². The number of hydrogen-bond donors (Lipinski definition) is 1. The molecule has 2 rings (SSSR count). The first-order valence-corrected chi connectivity index (χ1v) is 4.71. The Balaban J connectivity index is 2.30. The van der Waals surface area contributed by atoms with E-state index in [1.807, 2.05) is 0 Å². The summed E-state index contributed by atoms with van der Waals surface area (Å²) in [5.74, 6) is -1.06. The van der Waals surface area contributed by atoms with Crippen LogP contribution >= 0.6 is 11.6 Å². The highest BCUT2D eigenvalue weighted by Gasteiger charge is 2.35. The average Bonchev–Trinajstić information content (AvgIpc) is 2.08. The van der Waals surface area contributed by atoms with Crippen molar-refractivity contribution in [3.8, 4) is 0 Å². The monoisotopic (exact) mass is 230 g/mol. The summed E-state index contributed by atoms with van der Waals surface area (Å²) in [5, 5.41) is -0.0541. The Morgan fingerprint density at radius 1 is 1.73 bits per heavy atom. The zero-order chi connectivity index (χ0) is 11.0. The first-order chi connectivity index (χ1) is 7.09. The largest absolute Gasteiger partial charge is 0.368 e. The number of anilines is 1. The van der Waals surface area contributed by atoms with Gasteiger partial charge in [0.2, 0.25) is 11.2 Å². The number of primary amides is 1. The zero-order valence-corrected chi connectivity index (χ0v) is 8.41. The first kappa shape index (κ1) is 10.1. The van der Waals surface area contributed by atoms with Gasteiger partial charge in [-0.3, -0.25) is 4.79 Å². The van der Waals surface area contributed by atoms with Crippen molar-refractivity contribution in [2.24, 2.45) is 5.73 Å². The van der Waals surface area contributed by atoms with E-state index in [1.165, 1.54) is 4.90 Å². The number of carbonyl (C=O) groups excluding carboxylic acids is 1. The second-order valence-corrected chi connectivity index (χ2v) is 3.55. The Hall–Kier alpha value is -1.43. The number of amides is 1. The maximum atomic E-state index is 13.3. The van der Waals surface area contributed by atoms with Crippen LogP contribution in [0.5, 0.6) is 0 Å². The highest BCUT2D eigenvalue weighted by atomic mass is 35.5. The second-order valence-electron chi connectivity index (χ2n) is 3.21. The van der Waals surface area contributed by atoms with Gasteiger partial charge in [-0.15, -0.1) is 0 Å². The molecule has 15 heavy (non-hydrogen) atoms. The number of nitrogens with zero attached hydrogens (tertiary/aromatic N) is 3. The van der Waals surface area contributed by atoms with Gasteiger partial charge in [-0.25, -0.2) is 9.37 Å². The first-order valence-electron chi connectivity index (χ1n) is 4.33. The fourth-order valence-corrected chi connectivity index (χ4v) is 1.60. The van der Waals surface area contributed by atoms with Crippen LogP contribution in [0.3, 0.4) is 0 Å². The number of hydrogen-bond acceptors (Lipinski definition) is 4. The summed E-state index contributed by atoms with van der Waals surface area (Å²) in [6.07, 6.45) is 1.58. The van der Waals surface area contributed by atoms with Gasteiger partial charge in [0.1, 0.15) is 6.04 Å². The standard InChI is InChI=1S/C8H8ClFN4O/c9-8-12-3-4(10)7(13-8)14-2-1-5(14)6(11)15/h3,5H,1-2H2,(H2,11,15). The molecule has 5 nitrogen and oxygen atoms in total. The minimum atomic E-state index is -0.606. The van der Waals surface area contributed by atoms with Crippen molar-refractivity contribution >= 4 is 23.3 Å². The van der Waals surface area contributed by atoms with Gasteiger partial charge in [0.05, 0.1) is 6.20 Å². The smallest absolute Gasteiger partial charge is 0.240 e. The molecule has 1 aliphatic heterocycles. The average molecular weight is 231 g/mol. The van der Waals surface area contributed by atoms with Gasteiger partial charge in [-0.05, 0) is 18.0 Å². The summed E-state index contributed by atoms with van der Waals surface area (Å²) in [6.45, 7) is 0.540. The van der Waals surface area contributed by atoms with Gasteiger partial charge < -0.3 is 10.6 Å². The molecule has 1 saturated heterocycles. The van der Waals surface area contributed by atoms with Gasteiger partial charge in [-0.1, -0.05) is 0 Å². The topological polar surface area (TPSA) is 72.1 Å².